The number of nitrogen functional groups attached to an aromatic ring is 1. The molecule has 1 aliphatic heterocycles. The van der Waals surface area contributed by atoms with Crippen LogP contribution in [0.3, 0.4) is 0 Å². The van der Waals surface area contributed by atoms with E-state index in [2.05, 4.69) is 15.9 Å². The average Bonchev–Trinajstić information content (AvgIpc) is 2.67. The first-order chi connectivity index (χ1) is 9.90. The van der Waals surface area contributed by atoms with Gasteiger partial charge in [0.05, 0.1) is 16.8 Å². The van der Waals surface area contributed by atoms with Crippen LogP contribution in [-0.2, 0) is 0 Å². The lowest BCUT2D eigenvalue weighted by Crippen LogP contribution is -2.29. The van der Waals surface area contributed by atoms with Crippen molar-refractivity contribution in [2.45, 2.75) is 13.8 Å². The molecule has 2 N–H and O–H groups in total. The summed E-state index contributed by atoms with van der Waals surface area (Å²) in [6, 6.07) is 8.42. The van der Waals surface area contributed by atoms with Crippen LogP contribution in [0.5, 0.6) is 0 Å². The van der Waals surface area contributed by atoms with Gasteiger partial charge in [0.2, 0.25) is 0 Å². The summed E-state index contributed by atoms with van der Waals surface area (Å²) >= 11 is 3.49. The highest BCUT2D eigenvalue weighted by Gasteiger charge is 2.36. The second kappa shape index (κ2) is 4.70. The zero-order valence-electron chi connectivity index (χ0n) is 11.6. The van der Waals surface area contributed by atoms with Crippen LogP contribution in [0.1, 0.15) is 31.8 Å². The summed E-state index contributed by atoms with van der Waals surface area (Å²) < 4.78 is 0.979. The Balaban J connectivity index is 2.14. The van der Waals surface area contributed by atoms with Gasteiger partial charge >= 0.3 is 0 Å². The number of amides is 2. The molecular formula is C16H13BrN2O2. The van der Waals surface area contributed by atoms with Crippen molar-refractivity contribution in [1.82, 2.24) is 0 Å². The van der Waals surface area contributed by atoms with Crippen LogP contribution >= 0.6 is 15.9 Å². The van der Waals surface area contributed by atoms with E-state index in [1.165, 1.54) is 4.90 Å². The molecular weight excluding hydrogens is 332 g/mol. The van der Waals surface area contributed by atoms with Crippen LogP contribution in [0, 0.1) is 13.8 Å². The number of nitrogens with two attached hydrogens (primary N) is 1. The first kappa shape index (κ1) is 13.8. The lowest BCUT2D eigenvalue weighted by atomic mass is 10.1. The molecule has 0 unspecified atom stereocenters. The number of nitrogens with zero attached hydrogens (tertiary/aromatic N) is 1. The van der Waals surface area contributed by atoms with E-state index in [1.54, 1.807) is 18.2 Å². The Morgan fingerprint density at radius 1 is 0.952 bits per heavy atom. The van der Waals surface area contributed by atoms with Crippen LogP contribution in [0.25, 0.3) is 0 Å². The minimum atomic E-state index is -0.330. The first-order valence-electron chi connectivity index (χ1n) is 6.45. The van der Waals surface area contributed by atoms with Crippen LogP contribution in [0.4, 0.5) is 11.4 Å². The molecule has 1 heterocycles. The molecule has 0 fully saturated rings. The quantitative estimate of drug-likeness (QED) is 0.636. The fraction of sp³-hybridized carbons (Fsp3) is 0.125. The molecule has 3 rings (SSSR count). The van der Waals surface area contributed by atoms with Crippen LogP contribution in [0.15, 0.2) is 34.8 Å². The predicted octanol–water partition coefficient (Wildman–Crippen LogP) is 3.45. The number of aryl methyl sites for hydroxylation is 2. The molecule has 0 saturated carbocycles. The highest BCUT2D eigenvalue weighted by Crippen LogP contribution is 2.33. The molecule has 2 amide bonds. The van der Waals surface area contributed by atoms with Crippen molar-refractivity contribution < 1.29 is 9.59 Å². The van der Waals surface area contributed by atoms with Crippen LogP contribution < -0.4 is 10.6 Å². The Kier molecular flexibility index (Phi) is 3.10. The maximum atomic E-state index is 12.5. The highest BCUT2D eigenvalue weighted by molar-refractivity contribution is 9.10. The molecule has 21 heavy (non-hydrogen) atoms. The maximum absolute atomic E-state index is 12.5. The number of halogens is 1. The Labute approximate surface area is 130 Å². The smallest absolute Gasteiger partial charge is 0.266 e. The lowest BCUT2D eigenvalue weighted by molar-refractivity contribution is 0.0926. The van der Waals surface area contributed by atoms with Gasteiger partial charge in [-0.15, -0.1) is 0 Å². The first-order valence-corrected chi connectivity index (χ1v) is 7.24. The van der Waals surface area contributed by atoms with Gasteiger partial charge in [-0.25, -0.2) is 4.90 Å². The van der Waals surface area contributed by atoms with Crippen molar-refractivity contribution >= 4 is 39.1 Å². The third-order valence-electron chi connectivity index (χ3n) is 3.59. The summed E-state index contributed by atoms with van der Waals surface area (Å²) in [6.07, 6.45) is 0. The number of carbonyl (C=O) groups excluding carboxylic acids is 2. The Bertz CT molecular complexity index is 776. The van der Waals surface area contributed by atoms with Crippen molar-refractivity contribution in [2.24, 2.45) is 0 Å². The largest absolute Gasteiger partial charge is 0.399 e. The van der Waals surface area contributed by atoms with Gasteiger partial charge in [0.15, 0.2) is 0 Å². The summed E-state index contributed by atoms with van der Waals surface area (Å²) in [7, 11) is 0. The minimum Gasteiger partial charge on any atom is -0.399 e. The van der Waals surface area contributed by atoms with Gasteiger partial charge in [-0.2, -0.15) is 0 Å². The Hall–Kier alpha value is -2.14. The van der Waals surface area contributed by atoms with Crippen molar-refractivity contribution in [1.29, 1.82) is 0 Å². The summed E-state index contributed by atoms with van der Waals surface area (Å²) in [5, 5.41) is 0. The van der Waals surface area contributed by atoms with E-state index in [-0.39, 0.29) is 11.8 Å². The second-order valence-corrected chi connectivity index (χ2v) is 5.94. The van der Waals surface area contributed by atoms with Gasteiger partial charge in [0.25, 0.3) is 11.8 Å². The van der Waals surface area contributed by atoms with Gasteiger partial charge in [-0.05, 0) is 55.3 Å². The predicted molar refractivity (Wildman–Crippen MR) is 85.6 cm³/mol. The third kappa shape index (κ3) is 2.05. The molecule has 4 nitrogen and oxygen atoms in total. The van der Waals surface area contributed by atoms with Crippen molar-refractivity contribution in [3.63, 3.8) is 0 Å². The molecule has 0 bridgehead atoms. The van der Waals surface area contributed by atoms with E-state index in [0.29, 0.717) is 22.5 Å². The number of carbonyl (C=O) groups is 2. The molecule has 0 aliphatic carbocycles. The van der Waals surface area contributed by atoms with E-state index in [0.717, 1.165) is 15.6 Å². The van der Waals surface area contributed by atoms with Crippen LogP contribution in [-0.4, -0.2) is 11.8 Å². The van der Waals surface area contributed by atoms with Crippen molar-refractivity contribution in [3.05, 3.63) is 57.1 Å². The summed E-state index contributed by atoms with van der Waals surface area (Å²) in [4.78, 5) is 26.2. The summed E-state index contributed by atoms with van der Waals surface area (Å²) in [5.41, 5.74) is 9.46. The zero-order chi connectivity index (χ0) is 15.3. The van der Waals surface area contributed by atoms with E-state index < -0.39 is 0 Å². The standard InChI is InChI=1S/C16H13BrN2O2/c1-8-5-11(6-9(2)14(8)17)19-15(20)12-4-3-10(18)7-13(12)16(19)21/h3-7H,18H2,1-2H3. The number of benzene rings is 2. The van der Waals surface area contributed by atoms with E-state index in [9.17, 15) is 9.59 Å². The molecule has 0 spiro atoms. The molecule has 5 heteroatoms. The van der Waals surface area contributed by atoms with E-state index in [1.807, 2.05) is 26.0 Å². The van der Waals surface area contributed by atoms with E-state index >= 15 is 0 Å². The summed E-state index contributed by atoms with van der Waals surface area (Å²) in [5.74, 6) is -0.639. The van der Waals surface area contributed by atoms with Gasteiger partial charge in [-0.3, -0.25) is 9.59 Å². The van der Waals surface area contributed by atoms with Crippen LogP contribution in [0.2, 0.25) is 0 Å². The van der Waals surface area contributed by atoms with Gasteiger partial charge in [0, 0.05) is 10.2 Å². The molecule has 0 radical (unpaired) electrons. The normalized spacial score (nSPS) is 13.8. The SMILES string of the molecule is Cc1cc(N2C(=O)c3ccc(N)cc3C2=O)cc(C)c1Br. The molecule has 106 valence electrons. The topological polar surface area (TPSA) is 63.4 Å². The summed E-state index contributed by atoms with van der Waals surface area (Å²) in [6.45, 7) is 3.85. The monoisotopic (exact) mass is 344 g/mol. The number of rotatable bonds is 1. The molecule has 0 atom stereocenters. The Morgan fingerprint density at radius 3 is 2.14 bits per heavy atom. The fourth-order valence-corrected chi connectivity index (χ4v) is 2.77. The minimum absolute atomic E-state index is 0.309. The van der Waals surface area contributed by atoms with Crippen molar-refractivity contribution in [3.8, 4) is 0 Å². The molecule has 2 aromatic carbocycles. The molecule has 0 saturated heterocycles. The number of hydrogen-bond acceptors (Lipinski definition) is 3. The zero-order valence-corrected chi connectivity index (χ0v) is 13.2. The van der Waals surface area contributed by atoms with E-state index in [4.69, 9.17) is 5.73 Å². The van der Waals surface area contributed by atoms with Crippen molar-refractivity contribution in [2.75, 3.05) is 10.6 Å². The highest BCUT2D eigenvalue weighted by atomic mass is 79.9. The Morgan fingerprint density at radius 2 is 1.52 bits per heavy atom. The van der Waals surface area contributed by atoms with Gasteiger partial charge in [-0.1, -0.05) is 15.9 Å². The second-order valence-electron chi connectivity index (χ2n) is 5.14. The van der Waals surface area contributed by atoms with Gasteiger partial charge < -0.3 is 5.73 Å². The molecule has 2 aromatic rings. The molecule has 1 aliphatic rings. The number of anilines is 2. The maximum Gasteiger partial charge on any atom is 0.266 e. The number of fused-ring (bicyclic) bond motifs is 1. The number of imide groups is 1. The van der Waals surface area contributed by atoms with Gasteiger partial charge in [0.1, 0.15) is 0 Å². The molecule has 0 aromatic heterocycles. The average molecular weight is 345 g/mol. The lowest BCUT2D eigenvalue weighted by Gasteiger charge is -2.16. The third-order valence-corrected chi connectivity index (χ3v) is 4.84. The fourth-order valence-electron chi connectivity index (χ4n) is 2.55. The number of hydrogen-bond donors (Lipinski definition) is 1.